The Hall–Kier alpha value is -3.06. The van der Waals surface area contributed by atoms with Crippen molar-refractivity contribution < 1.29 is 17.6 Å². The van der Waals surface area contributed by atoms with Crippen molar-refractivity contribution in [3.05, 3.63) is 83.8 Å². The number of aryl methyl sites for hydroxylation is 1. The van der Waals surface area contributed by atoms with Gasteiger partial charge in [0.05, 0.1) is 11.2 Å². The molecule has 0 saturated heterocycles. The van der Waals surface area contributed by atoms with E-state index in [0.29, 0.717) is 18.7 Å². The van der Waals surface area contributed by atoms with E-state index in [4.69, 9.17) is 4.42 Å². The number of carbonyl (C=O) groups excluding carboxylic acids is 1. The summed E-state index contributed by atoms with van der Waals surface area (Å²) in [5.41, 5.74) is 1.70. The van der Waals surface area contributed by atoms with Crippen molar-refractivity contribution in [2.75, 3.05) is 11.3 Å². The maximum atomic E-state index is 12.6. The first-order valence-electron chi connectivity index (χ1n) is 8.44. The van der Waals surface area contributed by atoms with Gasteiger partial charge in [-0.1, -0.05) is 18.2 Å². The standard InChI is InChI=1S/C20H20N2O4S/c1-15-5-2-7-17(13-15)22-27(24,25)19-9-3-6-16(14-19)20(23)21-11-10-18-8-4-12-26-18/h2-9,12-14,22H,10-11H2,1H3,(H,21,23). The molecule has 0 bridgehead atoms. The molecule has 0 aliphatic carbocycles. The SMILES string of the molecule is Cc1cccc(NS(=O)(=O)c2cccc(C(=O)NCCc3ccco3)c2)c1. The summed E-state index contributed by atoms with van der Waals surface area (Å²) < 4.78 is 32.9. The van der Waals surface area contributed by atoms with Crippen LogP contribution in [0.15, 0.2) is 76.2 Å². The Bertz CT molecular complexity index is 1030. The van der Waals surface area contributed by atoms with Gasteiger partial charge >= 0.3 is 0 Å². The summed E-state index contributed by atoms with van der Waals surface area (Å²) in [5.74, 6) is 0.433. The summed E-state index contributed by atoms with van der Waals surface area (Å²) in [6.45, 7) is 2.27. The van der Waals surface area contributed by atoms with Gasteiger partial charge in [-0.15, -0.1) is 0 Å². The van der Waals surface area contributed by atoms with E-state index in [1.165, 1.54) is 12.1 Å². The van der Waals surface area contributed by atoms with E-state index in [0.717, 1.165) is 11.3 Å². The number of nitrogens with one attached hydrogen (secondary N) is 2. The van der Waals surface area contributed by atoms with E-state index in [1.54, 1.807) is 42.7 Å². The van der Waals surface area contributed by atoms with Crippen LogP contribution in [0, 0.1) is 6.92 Å². The largest absolute Gasteiger partial charge is 0.469 e. The Balaban J connectivity index is 1.69. The second-order valence-corrected chi connectivity index (χ2v) is 7.77. The Morgan fingerprint density at radius 1 is 1.04 bits per heavy atom. The van der Waals surface area contributed by atoms with Crippen molar-refractivity contribution in [2.45, 2.75) is 18.2 Å². The van der Waals surface area contributed by atoms with Crippen LogP contribution < -0.4 is 10.0 Å². The van der Waals surface area contributed by atoms with Gasteiger partial charge in [0.2, 0.25) is 0 Å². The molecule has 1 aromatic heterocycles. The van der Waals surface area contributed by atoms with Crippen molar-refractivity contribution in [3.63, 3.8) is 0 Å². The Morgan fingerprint density at radius 2 is 1.85 bits per heavy atom. The Labute approximate surface area is 158 Å². The second-order valence-electron chi connectivity index (χ2n) is 6.09. The van der Waals surface area contributed by atoms with Crippen LogP contribution in [-0.2, 0) is 16.4 Å². The van der Waals surface area contributed by atoms with Crippen LogP contribution in [0.1, 0.15) is 21.7 Å². The quantitative estimate of drug-likeness (QED) is 0.654. The van der Waals surface area contributed by atoms with Gasteiger partial charge in [0, 0.05) is 24.2 Å². The molecule has 0 saturated carbocycles. The lowest BCUT2D eigenvalue weighted by Gasteiger charge is -2.10. The summed E-state index contributed by atoms with van der Waals surface area (Å²) in [6, 6.07) is 16.6. The van der Waals surface area contributed by atoms with Crippen molar-refractivity contribution >= 4 is 21.6 Å². The topological polar surface area (TPSA) is 88.4 Å². The molecule has 3 rings (SSSR count). The maximum absolute atomic E-state index is 12.6. The zero-order chi connectivity index (χ0) is 19.3. The highest BCUT2D eigenvalue weighted by Gasteiger charge is 2.16. The van der Waals surface area contributed by atoms with Crippen molar-refractivity contribution in [1.29, 1.82) is 0 Å². The number of amides is 1. The summed E-state index contributed by atoms with van der Waals surface area (Å²) in [4.78, 5) is 12.3. The van der Waals surface area contributed by atoms with Gasteiger partial charge in [0.15, 0.2) is 0 Å². The minimum absolute atomic E-state index is 0.0303. The molecule has 140 valence electrons. The van der Waals surface area contributed by atoms with E-state index >= 15 is 0 Å². The normalized spacial score (nSPS) is 11.1. The van der Waals surface area contributed by atoms with Gasteiger partial charge < -0.3 is 9.73 Å². The lowest BCUT2D eigenvalue weighted by Crippen LogP contribution is -2.26. The first-order valence-corrected chi connectivity index (χ1v) is 9.92. The van der Waals surface area contributed by atoms with Crippen LogP contribution in [0.2, 0.25) is 0 Å². The third-order valence-corrected chi connectivity index (χ3v) is 5.29. The van der Waals surface area contributed by atoms with Gasteiger partial charge in [0.1, 0.15) is 5.76 Å². The lowest BCUT2D eigenvalue weighted by atomic mass is 10.2. The van der Waals surface area contributed by atoms with Crippen LogP contribution in [0.5, 0.6) is 0 Å². The van der Waals surface area contributed by atoms with E-state index in [-0.39, 0.29) is 16.4 Å². The summed E-state index contributed by atoms with van der Waals surface area (Å²) >= 11 is 0. The second kappa shape index (κ2) is 8.09. The molecule has 6 nitrogen and oxygen atoms in total. The van der Waals surface area contributed by atoms with Gasteiger partial charge in [-0.25, -0.2) is 8.42 Å². The van der Waals surface area contributed by atoms with Crippen LogP contribution in [0.4, 0.5) is 5.69 Å². The molecule has 0 fully saturated rings. The molecular weight excluding hydrogens is 364 g/mol. The van der Waals surface area contributed by atoms with Crippen molar-refractivity contribution in [3.8, 4) is 0 Å². The molecule has 1 heterocycles. The third-order valence-electron chi connectivity index (χ3n) is 3.91. The molecule has 3 aromatic rings. The molecule has 0 radical (unpaired) electrons. The molecule has 2 aromatic carbocycles. The van der Waals surface area contributed by atoms with E-state index in [2.05, 4.69) is 10.0 Å². The average Bonchev–Trinajstić information content (AvgIpc) is 3.15. The summed E-state index contributed by atoms with van der Waals surface area (Å²) in [7, 11) is -3.79. The molecule has 27 heavy (non-hydrogen) atoms. The number of benzene rings is 2. The molecule has 0 unspecified atom stereocenters. The van der Waals surface area contributed by atoms with Crippen LogP contribution in [-0.4, -0.2) is 20.9 Å². The fraction of sp³-hybridized carbons (Fsp3) is 0.150. The molecule has 0 aliphatic heterocycles. The average molecular weight is 384 g/mol. The Morgan fingerprint density at radius 3 is 2.59 bits per heavy atom. The van der Waals surface area contributed by atoms with Crippen molar-refractivity contribution in [2.24, 2.45) is 0 Å². The number of carbonyl (C=O) groups is 1. The van der Waals surface area contributed by atoms with Gasteiger partial charge in [-0.3, -0.25) is 9.52 Å². The molecule has 0 atom stereocenters. The first-order chi connectivity index (χ1) is 12.9. The highest BCUT2D eigenvalue weighted by molar-refractivity contribution is 7.92. The number of furan rings is 1. The van der Waals surface area contributed by atoms with E-state index < -0.39 is 10.0 Å². The summed E-state index contributed by atoms with van der Waals surface area (Å²) in [6.07, 6.45) is 2.14. The fourth-order valence-corrected chi connectivity index (χ4v) is 3.68. The number of hydrogen-bond donors (Lipinski definition) is 2. The number of hydrogen-bond acceptors (Lipinski definition) is 4. The van der Waals surface area contributed by atoms with Crippen LogP contribution in [0.3, 0.4) is 0 Å². The zero-order valence-electron chi connectivity index (χ0n) is 14.8. The minimum Gasteiger partial charge on any atom is -0.469 e. The van der Waals surface area contributed by atoms with Gasteiger partial charge in [-0.2, -0.15) is 0 Å². The highest BCUT2D eigenvalue weighted by Crippen LogP contribution is 2.18. The third kappa shape index (κ3) is 4.98. The van der Waals surface area contributed by atoms with Crippen LogP contribution in [0.25, 0.3) is 0 Å². The monoisotopic (exact) mass is 384 g/mol. The van der Waals surface area contributed by atoms with Gasteiger partial charge in [0.25, 0.3) is 15.9 Å². The maximum Gasteiger partial charge on any atom is 0.261 e. The molecule has 1 amide bonds. The van der Waals surface area contributed by atoms with Gasteiger partial charge in [-0.05, 0) is 55.0 Å². The number of rotatable bonds is 7. The molecular formula is C20H20N2O4S. The summed E-state index contributed by atoms with van der Waals surface area (Å²) in [5, 5.41) is 2.76. The lowest BCUT2D eigenvalue weighted by molar-refractivity contribution is 0.0953. The molecule has 7 heteroatoms. The zero-order valence-corrected chi connectivity index (χ0v) is 15.6. The molecule has 2 N–H and O–H groups in total. The van der Waals surface area contributed by atoms with E-state index in [9.17, 15) is 13.2 Å². The first kappa shape index (κ1) is 18.7. The fourth-order valence-electron chi connectivity index (χ4n) is 2.58. The highest BCUT2D eigenvalue weighted by atomic mass is 32.2. The smallest absolute Gasteiger partial charge is 0.261 e. The minimum atomic E-state index is -3.79. The molecule has 0 aliphatic rings. The van der Waals surface area contributed by atoms with Crippen molar-refractivity contribution in [1.82, 2.24) is 5.32 Å². The predicted molar refractivity (Wildman–Crippen MR) is 103 cm³/mol. The number of sulfonamides is 1. The van der Waals surface area contributed by atoms with Crippen LogP contribution >= 0.6 is 0 Å². The predicted octanol–water partition coefficient (Wildman–Crippen LogP) is 3.36. The molecule has 0 spiro atoms. The van der Waals surface area contributed by atoms with E-state index in [1.807, 2.05) is 19.1 Å². The Kier molecular flexibility index (Phi) is 5.61. The number of anilines is 1.